The highest BCUT2D eigenvalue weighted by molar-refractivity contribution is 6.05. The number of carbonyl (C=O) groups excluding carboxylic acids is 3. The highest BCUT2D eigenvalue weighted by Crippen LogP contribution is 2.22. The molecule has 0 aliphatic heterocycles. The van der Waals surface area contributed by atoms with E-state index < -0.39 is 5.97 Å². The van der Waals surface area contributed by atoms with E-state index in [1.807, 2.05) is 18.4 Å². The molecule has 0 aliphatic rings. The van der Waals surface area contributed by atoms with Crippen molar-refractivity contribution >= 4 is 23.5 Å². The molecular formula is C24H24FN3O4. The highest BCUT2D eigenvalue weighted by Gasteiger charge is 2.17. The van der Waals surface area contributed by atoms with Gasteiger partial charge in [0.25, 0.3) is 5.91 Å². The van der Waals surface area contributed by atoms with Crippen LogP contribution < -0.4 is 10.6 Å². The second-order valence-electron chi connectivity index (χ2n) is 7.28. The van der Waals surface area contributed by atoms with Crippen molar-refractivity contribution in [1.82, 2.24) is 9.88 Å². The minimum atomic E-state index is -0.518. The van der Waals surface area contributed by atoms with Gasteiger partial charge in [-0.3, -0.25) is 14.4 Å². The Balaban J connectivity index is 1.66. The molecule has 166 valence electrons. The van der Waals surface area contributed by atoms with Gasteiger partial charge in [-0.25, -0.2) is 4.39 Å². The van der Waals surface area contributed by atoms with Crippen molar-refractivity contribution in [3.05, 3.63) is 82.9 Å². The summed E-state index contributed by atoms with van der Waals surface area (Å²) in [6, 6.07) is 14.8. The van der Waals surface area contributed by atoms with Gasteiger partial charge in [-0.05, 0) is 61.9 Å². The molecule has 2 N–H and O–H groups in total. The minimum absolute atomic E-state index is 0.101. The number of amides is 2. The number of aromatic nitrogens is 1. The molecule has 0 fully saturated rings. The van der Waals surface area contributed by atoms with Gasteiger partial charge in [-0.15, -0.1) is 0 Å². The van der Waals surface area contributed by atoms with Crippen LogP contribution in [0.15, 0.2) is 54.6 Å². The number of carbonyl (C=O) groups is 3. The first-order valence-electron chi connectivity index (χ1n) is 9.97. The Bertz CT molecular complexity index is 1140. The maximum absolute atomic E-state index is 13.2. The monoisotopic (exact) mass is 437 g/mol. The number of halogens is 1. The van der Waals surface area contributed by atoms with E-state index in [2.05, 4.69) is 15.4 Å². The van der Waals surface area contributed by atoms with Crippen molar-refractivity contribution in [2.45, 2.75) is 20.3 Å². The molecule has 2 aromatic carbocycles. The largest absolute Gasteiger partial charge is 0.468 e. The molecule has 2 amide bonds. The number of benzene rings is 2. The summed E-state index contributed by atoms with van der Waals surface area (Å²) in [6.45, 7) is 3.54. The summed E-state index contributed by atoms with van der Waals surface area (Å²) in [5.41, 5.74) is 4.20. The van der Waals surface area contributed by atoms with E-state index in [1.165, 1.54) is 19.2 Å². The first-order valence-corrected chi connectivity index (χ1v) is 9.97. The fraction of sp³-hybridized carbons (Fsp3) is 0.208. The van der Waals surface area contributed by atoms with Crippen molar-refractivity contribution in [3.63, 3.8) is 0 Å². The molecule has 1 heterocycles. The second-order valence-corrected chi connectivity index (χ2v) is 7.28. The Labute approximate surface area is 185 Å². The van der Waals surface area contributed by atoms with Gasteiger partial charge in [-0.2, -0.15) is 0 Å². The summed E-state index contributed by atoms with van der Waals surface area (Å²) in [6.07, 6.45) is 0.101. The number of nitrogens with one attached hydrogen (secondary N) is 2. The normalized spacial score (nSPS) is 10.5. The van der Waals surface area contributed by atoms with Crippen molar-refractivity contribution in [2.24, 2.45) is 0 Å². The molecule has 0 spiro atoms. The summed E-state index contributed by atoms with van der Waals surface area (Å²) >= 11 is 0. The van der Waals surface area contributed by atoms with Gasteiger partial charge in [0.1, 0.15) is 12.4 Å². The van der Waals surface area contributed by atoms with Crippen molar-refractivity contribution < 1.29 is 23.5 Å². The van der Waals surface area contributed by atoms with Gasteiger partial charge in [-0.1, -0.05) is 12.1 Å². The number of hydrogen-bond acceptors (Lipinski definition) is 4. The number of aryl methyl sites for hydroxylation is 1. The first-order chi connectivity index (χ1) is 15.3. The van der Waals surface area contributed by atoms with E-state index >= 15 is 0 Å². The summed E-state index contributed by atoms with van der Waals surface area (Å²) < 4.78 is 19.6. The van der Waals surface area contributed by atoms with Crippen molar-refractivity contribution in [2.75, 3.05) is 19.0 Å². The van der Waals surface area contributed by atoms with Crippen LogP contribution in [0.3, 0.4) is 0 Å². The number of nitrogens with zero attached hydrogens (tertiary/aromatic N) is 1. The Hall–Kier alpha value is -3.94. The molecule has 32 heavy (non-hydrogen) atoms. The average Bonchev–Trinajstić information content (AvgIpc) is 3.08. The van der Waals surface area contributed by atoms with Crippen LogP contribution in [0.4, 0.5) is 10.1 Å². The molecule has 0 atom stereocenters. The lowest BCUT2D eigenvalue weighted by Gasteiger charge is -2.10. The van der Waals surface area contributed by atoms with Gasteiger partial charge in [0.05, 0.1) is 19.1 Å². The van der Waals surface area contributed by atoms with Gasteiger partial charge in [0, 0.05) is 22.8 Å². The van der Waals surface area contributed by atoms with Gasteiger partial charge in [0.15, 0.2) is 0 Å². The Morgan fingerprint density at radius 2 is 1.66 bits per heavy atom. The second kappa shape index (κ2) is 9.91. The lowest BCUT2D eigenvalue weighted by Crippen LogP contribution is -2.31. The summed E-state index contributed by atoms with van der Waals surface area (Å²) in [4.78, 5) is 35.8. The van der Waals surface area contributed by atoms with Crippen LogP contribution >= 0.6 is 0 Å². The number of rotatable bonds is 7. The maximum Gasteiger partial charge on any atom is 0.325 e. The van der Waals surface area contributed by atoms with E-state index in [4.69, 9.17) is 0 Å². The smallest absolute Gasteiger partial charge is 0.325 e. The van der Waals surface area contributed by atoms with Gasteiger partial charge < -0.3 is 19.9 Å². The van der Waals surface area contributed by atoms with Crippen LogP contribution in [0.2, 0.25) is 0 Å². The van der Waals surface area contributed by atoms with E-state index in [-0.39, 0.29) is 30.6 Å². The van der Waals surface area contributed by atoms with Gasteiger partial charge >= 0.3 is 5.97 Å². The summed E-state index contributed by atoms with van der Waals surface area (Å²) in [7, 11) is 1.25. The first kappa shape index (κ1) is 22.7. The standard InChI is InChI=1S/C24H24FN3O4/c1-15-12-21(16(2)28(15)20-10-6-18(25)7-11-20)24(31)27-19-8-4-17(5-9-19)13-22(29)26-14-23(30)32-3/h4-12H,13-14H2,1-3H3,(H,26,29)(H,27,31). The molecule has 7 nitrogen and oxygen atoms in total. The van der Waals surface area contributed by atoms with Gasteiger partial charge in [0.2, 0.25) is 5.91 Å². The average molecular weight is 437 g/mol. The molecule has 1 aromatic heterocycles. The third kappa shape index (κ3) is 5.40. The van der Waals surface area contributed by atoms with Crippen LogP contribution in [0.25, 0.3) is 5.69 Å². The molecule has 0 saturated heterocycles. The van der Waals surface area contributed by atoms with Crippen LogP contribution in [0, 0.1) is 19.7 Å². The quantitative estimate of drug-likeness (QED) is 0.555. The molecule has 3 aromatic rings. The summed E-state index contributed by atoms with van der Waals surface area (Å²) in [5.74, 6) is -1.41. The van der Waals surface area contributed by atoms with Crippen LogP contribution in [0.1, 0.15) is 27.3 Å². The van der Waals surface area contributed by atoms with Crippen LogP contribution in [0.5, 0.6) is 0 Å². The Morgan fingerprint density at radius 3 is 2.28 bits per heavy atom. The molecule has 8 heteroatoms. The Kier molecular flexibility index (Phi) is 7.04. The zero-order valence-corrected chi connectivity index (χ0v) is 18.1. The number of hydrogen-bond donors (Lipinski definition) is 2. The third-order valence-electron chi connectivity index (χ3n) is 4.99. The van der Waals surface area contributed by atoms with Crippen LogP contribution in [-0.4, -0.2) is 36.0 Å². The fourth-order valence-electron chi connectivity index (χ4n) is 3.38. The van der Waals surface area contributed by atoms with Crippen LogP contribution in [-0.2, 0) is 20.7 Å². The number of anilines is 1. The molecule has 0 saturated carbocycles. The predicted octanol–water partition coefficient (Wildman–Crippen LogP) is 3.32. The number of ether oxygens (including phenoxy) is 1. The maximum atomic E-state index is 13.2. The third-order valence-corrected chi connectivity index (χ3v) is 4.99. The fourth-order valence-corrected chi connectivity index (χ4v) is 3.38. The van der Waals surface area contributed by atoms with E-state index in [0.717, 1.165) is 22.6 Å². The Morgan fingerprint density at radius 1 is 1.00 bits per heavy atom. The SMILES string of the molecule is COC(=O)CNC(=O)Cc1ccc(NC(=O)c2cc(C)n(-c3ccc(F)cc3)c2C)cc1. The lowest BCUT2D eigenvalue weighted by atomic mass is 10.1. The highest BCUT2D eigenvalue weighted by atomic mass is 19.1. The van der Waals surface area contributed by atoms with E-state index in [9.17, 15) is 18.8 Å². The number of esters is 1. The molecule has 0 unspecified atom stereocenters. The molecule has 0 aliphatic carbocycles. The zero-order chi connectivity index (χ0) is 23.3. The minimum Gasteiger partial charge on any atom is -0.468 e. The van der Waals surface area contributed by atoms with Crippen molar-refractivity contribution in [1.29, 1.82) is 0 Å². The molecule has 0 radical (unpaired) electrons. The lowest BCUT2D eigenvalue weighted by molar-refractivity contribution is -0.141. The van der Waals surface area contributed by atoms with E-state index in [1.54, 1.807) is 42.5 Å². The zero-order valence-electron chi connectivity index (χ0n) is 18.1. The summed E-state index contributed by atoms with van der Waals surface area (Å²) in [5, 5.41) is 5.33. The number of methoxy groups -OCH3 is 1. The molecule has 0 bridgehead atoms. The molecule has 3 rings (SSSR count). The topological polar surface area (TPSA) is 89.4 Å². The molecular weight excluding hydrogens is 413 g/mol. The predicted molar refractivity (Wildman–Crippen MR) is 118 cm³/mol. The van der Waals surface area contributed by atoms with E-state index in [0.29, 0.717) is 11.3 Å². The van der Waals surface area contributed by atoms with Crippen molar-refractivity contribution in [3.8, 4) is 5.69 Å².